The van der Waals surface area contributed by atoms with Crippen molar-refractivity contribution in [3.8, 4) is 0 Å². The number of amides is 1. The van der Waals surface area contributed by atoms with Crippen LogP contribution in [0.2, 0.25) is 0 Å². The topological polar surface area (TPSA) is 60.0 Å². The highest BCUT2D eigenvalue weighted by Crippen LogP contribution is 2.26. The number of methoxy groups -OCH3 is 1. The van der Waals surface area contributed by atoms with Gasteiger partial charge in [0, 0.05) is 26.3 Å². The van der Waals surface area contributed by atoms with Gasteiger partial charge in [-0.1, -0.05) is 0 Å². The lowest BCUT2D eigenvalue weighted by Gasteiger charge is -2.37. The third-order valence-corrected chi connectivity index (χ3v) is 4.37. The molecule has 1 amide bonds. The molecule has 6 nitrogen and oxygen atoms in total. The van der Waals surface area contributed by atoms with E-state index >= 15 is 0 Å². The van der Waals surface area contributed by atoms with Gasteiger partial charge in [0.05, 0.1) is 24.3 Å². The molecule has 23 heavy (non-hydrogen) atoms. The van der Waals surface area contributed by atoms with Crippen molar-refractivity contribution in [2.75, 3.05) is 26.8 Å². The maximum Gasteiger partial charge on any atom is 0.410 e. The van der Waals surface area contributed by atoms with Crippen molar-refractivity contribution in [2.24, 2.45) is 0 Å². The summed E-state index contributed by atoms with van der Waals surface area (Å²) in [6.45, 7) is 11.8. The number of ether oxygens (including phenoxy) is 3. The second-order valence-electron chi connectivity index (χ2n) is 8.23. The SMILES string of the molecule is CO[C@H]1CN(C(=O)OC(C)(C)C)CC1NC1CCOC(C)(C)C1. The molecule has 2 aliphatic rings. The minimum atomic E-state index is -0.476. The molecule has 0 aromatic carbocycles. The maximum atomic E-state index is 12.3. The van der Waals surface area contributed by atoms with Crippen LogP contribution in [-0.2, 0) is 14.2 Å². The van der Waals surface area contributed by atoms with Crippen LogP contribution in [0.15, 0.2) is 0 Å². The third-order valence-electron chi connectivity index (χ3n) is 4.37. The van der Waals surface area contributed by atoms with Crippen molar-refractivity contribution < 1.29 is 19.0 Å². The van der Waals surface area contributed by atoms with Crippen molar-refractivity contribution in [2.45, 2.75) is 76.9 Å². The Bertz CT molecular complexity index is 419. The number of carbonyl (C=O) groups is 1. The van der Waals surface area contributed by atoms with E-state index in [1.165, 1.54) is 0 Å². The molecule has 0 aromatic rings. The quantitative estimate of drug-likeness (QED) is 0.860. The second kappa shape index (κ2) is 6.95. The van der Waals surface area contributed by atoms with Crippen LogP contribution < -0.4 is 5.32 Å². The summed E-state index contributed by atoms with van der Waals surface area (Å²) in [5, 5.41) is 3.67. The van der Waals surface area contributed by atoms with Crippen molar-refractivity contribution in [1.29, 1.82) is 0 Å². The summed E-state index contributed by atoms with van der Waals surface area (Å²) in [5.74, 6) is 0. The highest BCUT2D eigenvalue weighted by atomic mass is 16.6. The van der Waals surface area contributed by atoms with Crippen LogP contribution in [0.1, 0.15) is 47.5 Å². The van der Waals surface area contributed by atoms with Gasteiger partial charge in [-0.25, -0.2) is 4.79 Å². The van der Waals surface area contributed by atoms with Gasteiger partial charge in [-0.3, -0.25) is 0 Å². The molecule has 2 aliphatic heterocycles. The zero-order valence-corrected chi connectivity index (χ0v) is 15.3. The molecule has 0 spiro atoms. The Morgan fingerprint density at radius 2 is 2.00 bits per heavy atom. The summed E-state index contributed by atoms with van der Waals surface area (Å²) in [6.07, 6.45) is 1.68. The molecule has 0 radical (unpaired) electrons. The Morgan fingerprint density at radius 3 is 2.57 bits per heavy atom. The molecular formula is C17H32N2O4. The number of likely N-dealkylation sites (tertiary alicyclic amines) is 1. The largest absolute Gasteiger partial charge is 0.444 e. The number of hydrogen-bond donors (Lipinski definition) is 1. The number of carbonyl (C=O) groups excluding carboxylic acids is 1. The first-order valence-electron chi connectivity index (χ1n) is 8.50. The van der Waals surface area contributed by atoms with E-state index in [0.717, 1.165) is 19.4 Å². The van der Waals surface area contributed by atoms with E-state index in [0.29, 0.717) is 19.1 Å². The van der Waals surface area contributed by atoms with Crippen LogP contribution in [0.3, 0.4) is 0 Å². The average molecular weight is 328 g/mol. The van der Waals surface area contributed by atoms with Gasteiger partial charge in [-0.2, -0.15) is 0 Å². The molecule has 1 N–H and O–H groups in total. The number of rotatable bonds is 3. The molecule has 2 unspecified atom stereocenters. The zero-order chi connectivity index (χ0) is 17.3. The fourth-order valence-electron chi connectivity index (χ4n) is 3.33. The number of hydrogen-bond acceptors (Lipinski definition) is 5. The van der Waals surface area contributed by atoms with Gasteiger partial charge >= 0.3 is 6.09 Å². The van der Waals surface area contributed by atoms with Crippen molar-refractivity contribution in [1.82, 2.24) is 10.2 Å². The molecule has 0 saturated carbocycles. The van der Waals surface area contributed by atoms with Crippen LogP contribution in [-0.4, -0.2) is 67.2 Å². The molecule has 134 valence electrons. The highest BCUT2D eigenvalue weighted by molar-refractivity contribution is 5.68. The van der Waals surface area contributed by atoms with E-state index in [4.69, 9.17) is 14.2 Å². The molecule has 0 bridgehead atoms. The van der Waals surface area contributed by atoms with Gasteiger partial charge in [-0.05, 0) is 47.5 Å². The predicted molar refractivity (Wildman–Crippen MR) is 88.6 cm³/mol. The highest BCUT2D eigenvalue weighted by Gasteiger charge is 2.39. The summed E-state index contributed by atoms with van der Waals surface area (Å²) in [7, 11) is 1.70. The Labute approximate surface area is 139 Å². The minimum absolute atomic E-state index is 0.00604. The van der Waals surface area contributed by atoms with Gasteiger partial charge in [0.2, 0.25) is 0 Å². The Balaban J connectivity index is 1.93. The molecule has 0 aromatic heterocycles. The predicted octanol–water partition coefficient (Wildman–Crippen LogP) is 2.17. The third kappa shape index (κ3) is 5.33. The molecule has 2 rings (SSSR count). The van der Waals surface area contributed by atoms with Crippen molar-refractivity contribution in [3.05, 3.63) is 0 Å². The molecule has 6 heteroatoms. The molecule has 2 fully saturated rings. The fraction of sp³-hybridized carbons (Fsp3) is 0.941. The summed E-state index contributed by atoms with van der Waals surface area (Å²) in [6, 6.07) is 0.520. The van der Waals surface area contributed by atoms with E-state index in [9.17, 15) is 4.79 Å². The Morgan fingerprint density at radius 1 is 1.30 bits per heavy atom. The van der Waals surface area contributed by atoms with Crippen LogP contribution in [0.4, 0.5) is 4.79 Å². The van der Waals surface area contributed by atoms with Crippen LogP contribution in [0.25, 0.3) is 0 Å². The lowest BCUT2D eigenvalue weighted by molar-refractivity contribution is -0.0658. The first-order valence-corrected chi connectivity index (χ1v) is 8.50. The van der Waals surface area contributed by atoms with Crippen molar-refractivity contribution in [3.63, 3.8) is 0 Å². The molecule has 2 saturated heterocycles. The standard InChI is InChI=1S/C17H32N2O4/c1-16(2,3)23-15(20)19-10-13(14(11-19)21-6)18-12-7-8-22-17(4,5)9-12/h12-14,18H,7-11H2,1-6H3/t12?,13?,14-/m0/s1. The molecular weight excluding hydrogens is 296 g/mol. The van der Waals surface area contributed by atoms with Crippen LogP contribution >= 0.6 is 0 Å². The second-order valence-corrected chi connectivity index (χ2v) is 8.23. The zero-order valence-electron chi connectivity index (χ0n) is 15.3. The summed E-state index contributed by atoms with van der Waals surface area (Å²) in [4.78, 5) is 14.0. The molecule has 2 heterocycles. The minimum Gasteiger partial charge on any atom is -0.444 e. The maximum absolute atomic E-state index is 12.3. The lowest BCUT2D eigenvalue weighted by Crippen LogP contribution is -2.51. The van der Waals surface area contributed by atoms with Crippen LogP contribution in [0, 0.1) is 0 Å². The summed E-state index contributed by atoms with van der Waals surface area (Å²) >= 11 is 0. The first kappa shape index (κ1) is 18.5. The number of nitrogens with one attached hydrogen (secondary N) is 1. The van der Waals surface area contributed by atoms with Gasteiger partial charge in [0.15, 0.2) is 0 Å². The number of nitrogens with zero attached hydrogens (tertiary/aromatic N) is 1. The van der Waals surface area contributed by atoms with E-state index < -0.39 is 5.60 Å². The molecule has 3 atom stereocenters. The van der Waals surface area contributed by atoms with Gasteiger partial charge in [0.25, 0.3) is 0 Å². The summed E-state index contributed by atoms with van der Waals surface area (Å²) in [5.41, 5.74) is -0.572. The average Bonchev–Trinajstić information content (AvgIpc) is 2.78. The van der Waals surface area contributed by atoms with E-state index in [-0.39, 0.29) is 23.8 Å². The first-order chi connectivity index (χ1) is 10.6. The van der Waals surface area contributed by atoms with Gasteiger partial charge < -0.3 is 24.4 Å². The van der Waals surface area contributed by atoms with Crippen LogP contribution in [0.5, 0.6) is 0 Å². The monoisotopic (exact) mass is 328 g/mol. The van der Waals surface area contributed by atoms with E-state index in [1.54, 1.807) is 12.0 Å². The lowest BCUT2D eigenvalue weighted by atomic mass is 9.93. The Kier molecular flexibility index (Phi) is 5.59. The van der Waals surface area contributed by atoms with Gasteiger partial charge in [0.1, 0.15) is 5.60 Å². The van der Waals surface area contributed by atoms with Crippen molar-refractivity contribution >= 4 is 6.09 Å². The smallest absolute Gasteiger partial charge is 0.410 e. The molecule has 0 aliphatic carbocycles. The normalized spacial score (nSPS) is 31.2. The summed E-state index contributed by atoms with van der Waals surface area (Å²) < 4.78 is 16.8. The Hall–Kier alpha value is -0.850. The van der Waals surface area contributed by atoms with E-state index in [2.05, 4.69) is 19.2 Å². The van der Waals surface area contributed by atoms with E-state index in [1.807, 2.05) is 20.8 Å². The van der Waals surface area contributed by atoms with Gasteiger partial charge in [-0.15, -0.1) is 0 Å². The fourth-order valence-corrected chi connectivity index (χ4v) is 3.33.